The van der Waals surface area contributed by atoms with E-state index < -0.39 is 5.56 Å². The summed E-state index contributed by atoms with van der Waals surface area (Å²) in [4.78, 5) is 10.9. The van der Waals surface area contributed by atoms with Crippen molar-refractivity contribution < 1.29 is 0 Å². The molecule has 0 saturated heterocycles. The monoisotopic (exact) mass is 166 g/mol. The van der Waals surface area contributed by atoms with Gasteiger partial charge in [-0.3, -0.25) is 4.79 Å². The summed E-state index contributed by atoms with van der Waals surface area (Å²) in [6, 6.07) is 0. The van der Waals surface area contributed by atoms with Crippen molar-refractivity contribution in [3.8, 4) is 0 Å². The van der Waals surface area contributed by atoms with Crippen molar-refractivity contribution in [1.82, 2.24) is 10.2 Å². The fourth-order valence-electron chi connectivity index (χ4n) is 0.782. The van der Waals surface area contributed by atoms with E-state index in [1.54, 1.807) is 13.0 Å². The van der Waals surface area contributed by atoms with Crippen molar-refractivity contribution in [1.29, 1.82) is 0 Å². The van der Waals surface area contributed by atoms with Crippen LogP contribution in [0.15, 0.2) is 16.7 Å². The van der Waals surface area contributed by atoms with Gasteiger partial charge >= 0.3 is 0 Å². The smallest absolute Gasteiger partial charge is 0.287 e. The van der Waals surface area contributed by atoms with Crippen LogP contribution in [0.5, 0.6) is 0 Å². The number of hydrogen-bond donors (Lipinski definition) is 3. The quantitative estimate of drug-likeness (QED) is 0.532. The lowest BCUT2D eigenvalue weighted by atomic mass is 10.2. The molecule has 0 saturated carbocycles. The van der Waals surface area contributed by atoms with Crippen LogP contribution >= 0.6 is 0 Å². The third kappa shape index (κ3) is 1.63. The highest BCUT2D eigenvalue weighted by molar-refractivity contribution is 5.63. The zero-order chi connectivity index (χ0) is 9.14. The highest BCUT2D eigenvalue weighted by Crippen LogP contribution is 2.05. The minimum Gasteiger partial charge on any atom is -0.402 e. The summed E-state index contributed by atoms with van der Waals surface area (Å²) in [5.74, 6) is 0. The molecular formula is C7H10N4O. The third-order valence-electron chi connectivity index (χ3n) is 1.31. The molecule has 1 rings (SSSR count). The van der Waals surface area contributed by atoms with Crippen molar-refractivity contribution in [2.75, 3.05) is 5.73 Å². The molecule has 0 fully saturated rings. The molecule has 0 aromatic carbocycles. The van der Waals surface area contributed by atoms with Gasteiger partial charge in [0.1, 0.15) is 5.69 Å². The average Bonchev–Trinajstić information content (AvgIpc) is 1.98. The number of aromatic amines is 1. The zero-order valence-electron chi connectivity index (χ0n) is 6.66. The number of H-pyrrole nitrogens is 1. The maximum Gasteiger partial charge on any atom is 0.287 e. The van der Waals surface area contributed by atoms with Gasteiger partial charge in [-0.2, -0.15) is 5.10 Å². The van der Waals surface area contributed by atoms with E-state index in [1.807, 2.05) is 0 Å². The molecule has 5 N–H and O–H groups in total. The standard InChI is InChI=1S/C7H10N4O/c1-4(8)2-5-3-10-11-7(12)6(5)9/h2-3H,8H2,1H3,(H2,9,10)(H,11,12)/b4-2-. The SMILES string of the molecule is C/C(N)=C/c1cn[nH]c(=O)c1N. The molecule has 64 valence electrons. The van der Waals surface area contributed by atoms with Crippen LogP contribution in [0.4, 0.5) is 5.69 Å². The lowest BCUT2D eigenvalue weighted by Gasteiger charge is -1.97. The number of rotatable bonds is 1. The average molecular weight is 166 g/mol. The van der Waals surface area contributed by atoms with Gasteiger partial charge in [-0.05, 0) is 13.0 Å². The number of allylic oxidation sites excluding steroid dienone is 1. The van der Waals surface area contributed by atoms with Gasteiger partial charge in [-0.25, -0.2) is 5.10 Å². The molecule has 0 aliphatic carbocycles. The van der Waals surface area contributed by atoms with E-state index in [2.05, 4.69) is 10.2 Å². The van der Waals surface area contributed by atoms with Crippen molar-refractivity contribution in [2.24, 2.45) is 5.73 Å². The summed E-state index contributed by atoms with van der Waals surface area (Å²) >= 11 is 0. The van der Waals surface area contributed by atoms with Crippen LogP contribution in [0, 0.1) is 0 Å². The number of nitrogen functional groups attached to an aromatic ring is 1. The molecule has 0 spiro atoms. The van der Waals surface area contributed by atoms with Crippen LogP contribution in [0.25, 0.3) is 6.08 Å². The second-order valence-corrected chi connectivity index (χ2v) is 2.46. The lowest BCUT2D eigenvalue weighted by Crippen LogP contribution is -2.14. The van der Waals surface area contributed by atoms with E-state index in [-0.39, 0.29) is 5.69 Å². The maximum atomic E-state index is 10.9. The van der Waals surface area contributed by atoms with Gasteiger partial charge in [0, 0.05) is 11.3 Å². The first-order valence-corrected chi connectivity index (χ1v) is 3.38. The summed E-state index contributed by atoms with van der Waals surface area (Å²) in [7, 11) is 0. The largest absolute Gasteiger partial charge is 0.402 e. The minimum atomic E-state index is -0.398. The molecule has 1 aromatic heterocycles. The molecule has 1 heterocycles. The van der Waals surface area contributed by atoms with E-state index in [0.717, 1.165) is 0 Å². The van der Waals surface area contributed by atoms with Gasteiger partial charge in [0.2, 0.25) is 0 Å². The highest BCUT2D eigenvalue weighted by atomic mass is 16.1. The number of anilines is 1. The molecule has 1 aromatic rings. The Morgan fingerprint density at radius 2 is 2.42 bits per heavy atom. The fourth-order valence-corrected chi connectivity index (χ4v) is 0.782. The van der Waals surface area contributed by atoms with Crippen LogP contribution < -0.4 is 17.0 Å². The molecule has 0 aliphatic heterocycles. The Labute approximate surface area is 69.1 Å². The summed E-state index contributed by atoms with van der Waals surface area (Å²) < 4.78 is 0. The number of nitrogens with two attached hydrogens (primary N) is 2. The Hall–Kier alpha value is -1.78. The van der Waals surface area contributed by atoms with Gasteiger partial charge in [-0.1, -0.05) is 0 Å². The number of hydrogen-bond acceptors (Lipinski definition) is 4. The van der Waals surface area contributed by atoms with Crippen molar-refractivity contribution >= 4 is 11.8 Å². The maximum absolute atomic E-state index is 10.9. The van der Waals surface area contributed by atoms with Crippen LogP contribution in [0.1, 0.15) is 12.5 Å². The molecule has 0 bridgehead atoms. The van der Waals surface area contributed by atoms with Gasteiger partial charge < -0.3 is 11.5 Å². The molecule has 0 atom stereocenters. The minimum absolute atomic E-state index is 0.134. The Kier molecular flexibility index (Phi) is 2.14. The topological polar surface area (TPSA) is 97.8 Å². The predicted molar refractivity (Wildman–Crippen MR) is 47.1 cm³/mol. The van der Waals surface area contributed by atoms with Gasteiger partial charge in [-0.15, -0.1) is 0 Å². The van der Waals surface area contributed by atoms with Crippen LogP contribution in [0.3, 0.4) is 0 Å². The first kappa shape index (κ1) is 8.32. The zero-order valence-corrected chi connectivity index (χ0v) is 6.66. The summed E-state index contributed by atoms with van der Waals surface area (Å²) in [5, 5.41) is 5.79. The van der Waals surface area contributed by atoms with E-state index in [4.69, 9.17) is 11.5 Å². The Morgan fingerprint density at radius 3 is 3.00 bits per heavy atom. The van der Waals surface area contributed by atoms with Crippen molar-refractivity contribution in [3.63, 3.8) is 0 Å². The summed E-state index contributed by atoms with van der Waals surface area (Å²) in [6.07, 6.45) is 3.05. The van der Waals surface area contributed by atoms with E-state index in [9.17, 15) is 4.79 Å². The lowest BCUT2D eigenvalue weighted by molar-refractivity contribution is 0.989. The molecule has 12 heavy (non-hydrogen) atoms. The van der Waals surface area contributed by atoms with Crippen molar-refractivity contribution in [2.45, 2.75) is 6.92 Å². The third-order valence-corrected chi connectivity index (χ3v) is 1.31. The Balaban J connectivity index is 3.27. The number of nitrogens with zero attached hydrogens (tertiary/aromatic N) is 1. The molecule has 0 amide bonds. The van der Waals surface area contributed by atoms with Crippen LogP contribution in [-0.2, 0) is 0 Å². The van der Waals surface area contributed by atoms with Crippen LogP contribution in [0.2, 0.25) is 0 Å². The second-order valence-electron chi connectivity index (χ2n) is 2.46. The number of aromatic nitrogens is 2. The van der Waals surface area contributed by atoms with E-state index in [1.165, 1.54) is 6.20 Å². The Bertz CT molecular complexity index is 362. The fraction of sp³-hybridized carbons (Fsp3) is 0.143. The summed E-state index contributed by atoms with van der Waals surface area (Å²) in [6.45, 7) is 1.71. The van der Waals surface area contributed by atoms with E-state index in [0.29, 0.717) is 11.3 Å². The second kappa shape index (κ2) is 3.08. The molecule has 5 heteroatoms. The van der Waals surface area contributed by atoms with E-state index >= 15 is 0 Å². The first-order chi connectivity index (χ1) is 5.61. The normalized spacial score (nSPS) is 11.6. The van der Waals surface area contributed by atoms with Gasteiger partial charge in [0.15, 0.2) is 0 Å². The Morgan fingerprint density at radius 1 is 1.75 bits per heavy atom. The molecule has 5 nitrogen and oxygen atoms in total. The first-order valence-electron chi connectivity index (χ1n) is 3.38. The predicted octanol–water partition coefficient (Wildman–Crippen LogP) is -0.328. The molecule has 0 aliphatic rings. The summed E-state index contributed by atoms with van der Waals surface area (Å²) in [5.41, 5.74) is 11.7. The molecule has 0 radical (unpaired) electrons. The molecular weight excluding hydrogens is 156 g/mol. The van der Waals surface area contributed by atoms with Gasteiger partial charge in [0.05, 0.1) is 6.20 Å². The van der Waals surface area contributed by atoms with Crippen molar-refractivity contribution in [3.05, 3.63) is 27.8 Å². The van der Waals surface area contributed by atoms with Gasteiger partial charge in [0.25, 0.3) is 5.56 Å². The van der Waals surface area contributed by atoms with Crippen LogP contribution in [-0.4, -0.2) is 10.2 Å². The highest BCUT2D eigenvalue weighted by Gasteiger charge is 1.99. The number of nitrogens with one attached hydrogen (secondary N) is 1. The molecule has 0 unspecified atom stereocenters.